The van der Waals surface area contributed by atoms with Gasteiger partial charge in [0.25, 0.3) is 5.91 Å². The number of ether oxygens (including phenoxy) is 1. The standard InChI is InChI=1S/C19H19ClN6O3/c1-11-3-5-12(6-4-11)23-19(28)17-18(21)26(25-24-17)10-16(27)22-13-7-8-15(29-2)14(20)9-13/h3-9H,10,21H2,1-2H3,(H,22,27)(H,23,28). The highest BCUT2D eigenvalue weighted by atomic mass is 35.5. The number of benzene rings is 2. The van der Waals surface area contributed by atoms with Crippen LogP contribution < -0.4 is 21.1 Å². The molecule has 3 aromatic rings. The number of nitrogens with one attached hydrogen (secondary N) is 2. The molecule has 0 radical (unpaired) electrons. The van der Waals surface area contributed by atoms with Crippen molar-refractivity contribution in [3.8, 4) is 5.75 Å². The maximum Gasteiger partial charge on any atom is 0.280 e. The average Bonchev–Trinajstić information content (AvgIpc) is 3.04. The van der Waals surface area contributed by atoms with E-state index in [1.807, 2.05) is 19.1 Å². The Morgan fingerprint density at radius 1 is 1.14 bits per heavy atom. The van der Waals surface area contributed by atoms with Crippen molar-refractivity contribution < 1.29 is 14.3 Å². The van der Waals surface area contributed by atoms with Gasteiger partial charge in [0, 0.05) is 11.4 Å². The van der Waals surface area contributed by atoms with Gasteiger partial charge in [-0.3, -0.25) is 9.59 Å². The van der Waals surface area contributed by atoms with Gasteiger partial charge in [-0.05, 0) is 37.3 Å². The molecule has 1 aromatic heterocycles. The summed E-state index contributed by atoms with van der Waals surface area (Å²) in [5.41, 5.74) is 8.03. The number of hydrogen-bond donors (Lipinski definition) is 3. The maximum absolute atomic E-state index is 12.4. The number of nitrogens with two attached hydrogens (primary N) is 1. The molecule has 0 aliphatic heterocycles. The van der Waals surface area contributed by atoms with Gasteiger partial charge in [0.2, 0.25) is 5.91 Å². The van der Waals surface area contributed by atoms with E-state index in [9.17, 15) is 9.59 Å². The molecule has 10 heteroatoms. The molecule has 0 saturated heterocycles. The molecule has 0 bridgehead atoms. The van der Waals surface area contributed by atoms with Gasteiger partial charge in [-0.2, -0.15) is 0 Å². The van der Waals surface area contributed by atoms with Crippen molar-refractivity contribution in [1.29, 1.82) is 0 Å². The van der Waals surface area contributed by atoms with Crippen LogP contribution in [0.1, 0.15) is 16.1 Å². The van der Waals surface area contributed by atoms with Gasteiger partial charge in [0.05, 0.1) is 12.1 Å². The quantitative estimate of drug-likeness (QED) is 0.569. The van der Waals surface area contributed by atoms with E-state index in [0.717, 1.165) is 10.2 Å². The number of nitrogens with zero attached hydrogens (tertiary/aromatic N) is 3. The van der Waals surface area contributed by atoms with Crippen LogP contribution in [0.5, 0.6) is 5.75 Å². The molecule has 9 nitrogen and oxygen atoms in total. The van der Waals surface area contributed by atoms with Gasteiger partial charge >= 0.3 is 0 Å². The first kappa shape index (κ1) is 20.2. The zero-order valence-electron chi connectivity index (χ0n) is 15.8. The fourth-order valence-electron chi connectivity index (χ4n) is 2.51. The molecule has 0 saturated carbocycles. The summed E-state index contributed by atoms with van der Waals surface area (Å²) in [7, 11) is 1.50. The number of aromatic nitrogens is 3. The van der Waals surface area contributed by atoms with Crippen LogP contribution in [0.25, 0.3) is 0 Å². The van der Waals surface area contributed by atoms with E-state index in [2.05, 4.69) is 20.9 Å². The number of methoxy groups -OCH3 is 1. The Bertz CT molecular complexity index is 1050. The summed E-state index contributed by atoms with van der Waals surface area (Å²) in [6.07, 6.45) is 0. The van der Waals surface area contributed by atoms with Crippen molar-refractivity contribution in [2.45, 2.75) is 13.5 Å². The second kappa shape index (κ2) is 8.61. The molecule has 1 heterocycles. The lowest BCUT2D eigenvalue weighted by Gasteiger charge is -2.08. The number of rotatable bonds is 6. The van der Waals surface area contributed by atoms with Crippen LogP contribution in [0.3, 0.4) is 0 Å². The molecule has 2 aromatic carbocycles. The van der Waals surface area contributed by atoms with E-state index in [0.29, 0.717) is 22.1 Å². The molecule has 0 fully saturated rings. The number of carbonyl (C=O) groups is 2. The second-order valence-corrected chi connectivity index (χ2v) is 6.61. The lowest BCUT2D eigenvalue weighted by molar-refractivity contribution is -0.116. The Kier molecular flexibility index (Phi) is 5.99. The van der Waals surface area contributed by atoms with Crippen molar-refractivity contribution >= 4 is 40.6 Å². The van der Waals surface area contributed by atoms with E-state index < -0.39 is 11.8 Å². The summed E-state index contributed by atoms with van der Waals surface area (Å²) in [6.45, 7) is 1.72. The first-order valence-electron chi connectivity index (χ1n) is 8.57. The Morgan fingerprint density at radius 3 is 2.48 bits per heavy atom. The Morgan fingerprint density at radius 2 is 1.83 bits per heavy atom. The first-order valence-corrected chi connectivity index (χ1v) is 8.95. The largest absolute Gasteiger partial charge is 0.495 e. The molecular formula is C19H19ClN6O3. The Balaban J connectivity index is 1.65. The number of hydrogen-bond acceptors (Lipinski definition) is 6. The van der Waals surface area contributed by atoms with E-state index in [-0.39, 0.29) is 18.1 Å². The Hall–Kier alpha value is -3.59. The third kappa shape index (κ3) is 4.82. The van der Waals surface area contributed by atoms with Crippen LogP contribution in [-0.4, -0.2) is 33.9 Å². The van der Waals surface area contributed by atoms with Crippen LogP contribution in [-0.2, 0) is 11.3 Å². The van der Waals surface area contributed by atoms with Crippen molar-refractivity contribution in [2.75, 3.05) is 23.5 Å². The lowest BCUT2D eigenvalue weighted by Crippen LogP contribution is -2.21. The molecule has 29 heavy (non-hydrogen) atoms. The Labute approximate surface area is 171 Å². The highest BCUT2D eigenvalue weighted by molar-refractivity contribution is 6.32. The number of aryl methyl sites for hydroxylation is 1. The monoisotopic (exact) mass is 414 g/mol. The number of nitrogen functional groups attached to an aromatic ring is 1. The number of anilines is 3. The van der Waals surface area contributed by atoms with Gasteiger partial charge in [-0.25, -0.2) is 4.68 Å². The SMILES string of the molecule is COc1ccc(NC(=O)Cn2nnc(C(=O)Nc3ccc(C)cc3)c2N)cc1Cl. The number of halogens is 1. The van der Waals surface area contributed by atoms with E-state index in [1.165, 1.54) is 7.11 Å². The molecule has 0 atom stereocenters. The molecular weight excluding hydrogens is 396 g/mol. The third-order valence-electron chi connectivity index (χ3n) is 4.03. The third-order valence-corrected chi connectivity index (χ3v) is 4.32. The first-order chi connectivity index (χ1) is 13.9. The highest BCUT2D eigenvalue weighted by Gasteiger charge is 2.19. The minimum absolute atomic E-state index is 0.0162. The summed E-state index contributed by atoms with van der Waals surface area (Å²) < 4.78 is 6.21. The second-order valence-electron chi connectivity index (χ2n) is 6.20. The predicted molar refractivity (Wildman–Crippen MR) is 110 cm³/mol. The summed E-state index contributed by atoms with van der Waals surface area (Å²) >= 11 is 6.04. The molecule has 150 valence electrons. The fraction of sp³-hybridized carbons (Fsp3) is 0.158. The summed E-state index contributed by atoms with van der Waals surface area (Å²) in [4.78, 5) is 24.6. The van der Waals surface area contributed by atoms with Gasteiger partial charge in [0.1, 0.15) is 12.3 Å². The van der Waals surface area contributed by atoms with Crippen molar-refractivity contribution in [2.24, 2.45) is 0 Å². The van der Waals surface area contributed by atoms with Gasteiger partial charge in [-0.1, -0.05) is 34.5 Å². The summed E-state index contributed by atoms with van der Waals surface area (Å²) in [6, 6.07) is 12.1. The van der Waals surface area contributed by atoms with Crippen LogP contribution >= 0.6 is 11.6 Å². The molecule has 4 N–H and O–H groups in total. The average molecular weight is 415 g/mol. The van der Waals surface area contributed by atoms with Crippen LogP contribution in [0.15, 0.2) is 42.5 Å². The zero-order valence-corrected chi connectivity index (χ0v) is 16.5. The zero-order chi connectivity index (χ0) is 21.0. The molecule has 0 spiro atoms. The van der Waals surface area contributed by atoms with Crippen molar-refractivity contribution in [3.63, 3.8) is 0 Å². The summed E-state index contributed by atoms with van der Waals surface area (Å²) in [5.74, 6) is -0.444. The molecule has 0 unspecified atom stereocenters. The highest BCUT2D eigenvalue weighted by Crippen LogP contribution is 2.27. The number of amides is 2. The van der Waals surface area contributed by atoms with Gasteiger partial charge < -0.3 is 21.1 Å². The fourth-order valence-corrected chi connectivity index (χ4v) is 2.76. The summed E-state index contributed by atoms with van der Waals surface area (Å²) in [5, 5.41) is 13.3. The van der Waals surface area contributed by atoms with E-state index in [1.54, 1.807) is 30.3 Å². The predicted octanol–water partition coefficient (Wildman–Crippen LogP) is 2.72. The van der Waals surface area contributed by atoms with Gasteiger partial charge in [0.15, 0.2) is 11.5 Å². The smallest absolute Gasteiger partial charge is 0.280 e. The minimum Gasteiger partial charge on any atom is -0.495 e. The minimum atomic E-state index is -0.514. The van der Waals surface area contributed by atoms with Crippen molar-refractivity contribution in [3.05, 3.63) is 58.7 Å². The molecule has 3 rings (SSSR count). The molecule has 0 aliphatic rings. The normalized spacial score (nSPS) is 10.4. The van der Waals surface area contributed by atoms with Gasteiger partial charge in [-0.15, -0.1) is 5.10 Å². The molecule has 2 amide bonds. The topological polar surface area (TPSA) is 124 Å². The van der Waals surface area contributed by atoms with E-state index >= 15 is 0 Å². The van der Waals surface area contributed by atoms with Crippen LogP contribution in [0, 0.1) is 6.92 Å². The van der Waals surface area contributed by atoms with Crippen LogP contribution in [0.4, 0.5) is 17.2 Å². The van der Waals surface area contributed by atoms with Crippen molar-refractivity contribution in [1.82, 2.24) is 15.0 Å². The van der Waals surface area contributed by atoms with E-state index in [4.69, 9.17) is 22.1 Å². The number of carbonyl (C=O) groups excluding carboxylic acids is 2. The molecule has 0 aliphatic carbocycles. The maximum atomic E-state index is 12.4. The van der Waals surface area contributed by atoms with Crippen LogP contribution in [0.2, 0.25) is 5.02 Å². The lowest BCUT2D eigenvalue weighted by atomic mass is 10.2.